The highest BCUT2D eigenvalue weighted by atomic mass is 35.5. The number of amides is 1. The molecule has 27 heavy (non-hydrogen) atoms. The van der Waals surface area contributed by atoms with Crippen LogP contribution in [0.15, 0.2) is 40.6 Å². The first-order valence-electron chi connectivity index (χ1n) is 8.42. The Morgan fingerprint density at radius 3 is 2.33 bits per heavy atom. The van der Waals surface area contributed by atoms with Gasteiger partial charge in [0.2, 0.25) is 5.91 Å². The summed E-state index contributed by atoms with van der Waals surface area (Å²) in [5.74, 6) is 0.00979. The molecule has 0 unspecified atom stereocenters. The van der Waals surface area contributed by atoms with Gasteiger partial charge < -0.3 is 4.90 Å². The van der Waals surface area contributed by atoms with E-state index < -0.39 is 10.0 Å². The lowest BCUT2D eigenvalue weighted by molar-refractivity contribution is -0.132. The zero-order valence-electron chi connectivity index (χ0n) is 14.5. The monoisotopic (exact) mass is 423 g/mol. The standard InChI is InChI=1S/C18H18ClN3O3S2/c19-16-6-8-18(26-16)27(24,25)22-11-9-21(10-12-22)17(23)7-5-14-1-3-15(13-20)4-2-14/h1-4,6,8H,5,7,9-12H2. The van der Waals surface area contributed by atoms with Gasteiger partial charge in [-0.1, -0.05) is 23.7 Å². The van der Waals surface area contributed by atoms with Crippen molar-refractivity contribution in [2.24, 2.45) is 0 Å². The highest BCUT2D eigenvalue weighted by Crippen LogP contribution is 2.28. The summed E-state index contributed by atoms with van der Waals surface area (Å²) < 4.78 is 27.3. The smallest absolute Gasteiger partial charge is 0.252 e. The van der Waals surface area contributed by atoms with Gasteiger partial charge >= 0.3 is 0 Å². The van der Waals surface area contributed by atoms with E-state index in [0.717, 1.165) is 16.9 Å². The second-order valence-corrected chi connectivity index (χ2v) is 10.0. The van der Waals surface area contributed by atoms with Crippen LogP contribution < -0.4 is 0 Å². The van der Waals surface area contributed by atoms with E-state index in [2.05, 4.69) is 6.07 Å². The number of carbonyl (C=O) groups is 1. The summed E-state index contributed by atoms with van der Waals surface area (Å²) in [6.45, 7) is 1.32. The summed E-state index contributed by atoms with van der Waals surface area (Å²) in [5, 5.41) is 8.81. The zero-order chi connectivity index (χ0) is 19.4. The van der Waals surface area contributed by atoms with Crippen LogP contribution in [0.2, 0.25) is 4.34 Å². The van der Waals surface area contributed by atoms with Crippen molar-refractivity contribution in [2.45, 2.75) is 17.1 Å². The van der Waals surface area contributed by atoms with E-state index in [1.165, 1.54) is 10.4 Å². The highest BCUT2D eigenvalue weighted by molar-refractivity contribution is 7.91. The van der Waals surface area contributed by atoms with Crippen LogP contribution in [-0.4, -0.2) is 49.7 Å². The topological polar surface area (TPSA) is 81.5 Å². The van der Waals surface area contributed by atoms with Crippen LogP contribution in [-0.2, 0) is 21.2 Å². The van der Waals surface area contributed by atoms with Gasteiger partial charge in [0.1, 0.15) is 4.21 Å². The Hall–Kier alpha value is -1.92. The van der Waals surface area contributed by atoms with Crippen molar-refractivity contribution in [1.29, 1.82) is 5.26 Å². The largest absolute Gasteiger partial charge is 0.340 e. The second kappa shape index (κ2) is 8.40. The van der Waals surface area contributed by atoms with Crippen LogP contribution in [0.5, 0.6) is 0 Å². The number of thiophene rings is 1. The minimum atomic E-state index is -3.55. The van der Waals surface area contributed by atoms with E-state index in [4.69, 9.17) is 16.9 Å². The molecule has 1 aromatic carbocycles. The summed E-state index contributed by atoms with van der Waals surface area (Å²) in [5.41, 5.74) is 1.59. The van der Waals surface area contributed by atoms with E-state index in [0.29, 0.717) is 35.8 Å². The molecule has 1 amide bonds. The Balaban J connectivity index is 1.52. The summed E-state index contributed by atoms with van der Waals surface area (Å²) in [4.78, 5) is 14.1. The van der Waals surface area contributed by atoms with Gasteiger partial charge in [-0.15, -0.1) is 11.3 Å². The van der Waals surface area contributed by atoms with E-state index in [1.807, 2.05) is 12.1 Å². The maximum atomic E-state index is 12.6. The molecule has 1 aromatic heterocycles. The first kappa shape index (κ1) is 19.8. The first-order chi connectivity index (χ1) is 12.9. The maximum absolute atomic E-state index is 12.6. The lowest BCUT2D eigenvalue weighted by Gasteiger charge is -2.33. The Morgan fingerprint density at radius 1 is 1.11 bits per heavy atom. The van der Waals surface area contributed by atoms with Crippen LogP contribution in [0, 0.1) is 11.3 Å². The molecule has 1 aliphatic rings. The Bertz CT molecular complexity index is 956. The minimum absolute atomic E-state index is 0.00979. The number of aryl methyl sites for hydroxylation is 1. The molecule has 0 spiro atoms. The third-order valence-electron chi connectivity index (χ3n) is 4.44. The predicted octanol–water partition coefficient (Wildman–Crippen LogP) is 2.74. The van der Waals surface area contributed by atoms with Gasteiger partial charge in [0.05, 0.1) is 16.0 Å². The molecule has 2 heterocycles. The molecule has 0 saturated carbocycles. The molecule has 142 valence electrons. The SMILES string of the molecule is N#Cc1ccc(CCC(=O)N2CCN(S(=O)(=O)c3ccc(Cl)s3)CC2)cc1. The van der Waals surface area contributed by atoms with E-state index in [1.54, 1.807) is 23.1 Å². The van der Waals surface area contributed by atoms with Crippen molar-refractivity contribution in [2.75, 3.05) is 26.2 Å². The number of rotatable bonds is 5. The maximum Gasteiger partial charge on any atom is 0.252 e. The van der Waals surface area contributed by atoms with E-state index in [-0.39, 0.29) is 23.2 Å². The number of hydrogen-bond donors (Lipinski definition) is 0. The molecular formula is C18H18ClN3O3S2. The number of benzene rings is 1. The normalized spacial score (nSPS) is 15.5. The molecule has 2 aromatic rings. The van der Waals surface area contributed by atoms with Crippen LogP contribution in [0.4, 0.5) is 0 Å². The number of nitriles is 1. The van der Waals surface area contributed by atoms with Gasteiger partial charge in [0, 0.05) is 32.6 Å². The highest BCUT2D eigenvalue weighted by Gasteiger charge is 2.30. The summed E-state index contributed by atoms with van der Waals surface area (Å²) >= 11 is 6.88. The number of nitrogens with zero attached hydrogens (tertiary/aromatic N) is 3. The molecule has 0 radical (unpaired) electrons. The van der Waals surface area contributed by atoms with Crippen molar-refractivity contribution < 1.29 is 13.2 Å². The molecule has 9 heteroatoms. The van der Waals surface area contributed by atoms with Crippen molar-refractivity contribution in [3.8, 4) is 6.07 Å². The van der Waals surface area contributed by atoms with Gasteiger partial charge in [0.15, 0.2) is 0 Å². The molecule has 0 N–H and O–H groups in total. The number of sulfonamides is 1. The Kier molecular flexibility index (Phi) is 6.17. The average Bonchev–Trinajstić information content (AvgIpc) is 3.14. The van der Waals surface area contributed by atoms with E-state index in [9.17, 15) is 13.2 Å². The van der Waals surface area contributed by atoms with Gasteiger partial charge in [0.25, 0.3) is 10.0 Å². The number of hydrogen-bond acceptors (Lipinski definition) is 5. The summed E-state index contributed by atoms with van der Waals surface area (Å²) in [6.07, 6.45) is 0.954. The number of carbonyl (C=O) groups excluding carboxylic acids is 1. The third-order valence-corrected chi connectivity index (χ3v) is 8.04. The fraction of sp³-hybridized carbons (Fsp3) is 0.333. The minimum Gasteiger partial charge on any atom is -0.340 e. The van der Waals surface area contributed by atoms with Crippen LogP contribution in [0.25, 0.3) is 0 Å². The Labute approximate surface area is 167 Å². The van der Waals surface area contributed by atoms with E-state index >= 15 is 0 Å². The van der Waals surface area contributed by atoms with Gasteiger partial charge in [-0.25, -0.2) is 8.42 Å². The molecule has 3 rings (SSSR count). The van der Waals surface area contributed by atoms with Gasteiger partial charge in [-0.05, 0) is 36.2 Å². The molecule has 6 nitrogen and oxygen atoms in total. The van der Waals surface area contributed by atoms with Crippen molar-refractivity contribution in [1.82, 2.24) is 9.21 Å². The molecule has 0 aliphatic carbocycles. The molecule has 0 atom stereocenters. The van der Waals surface area contributed by atoms with Crippen molar-refractivity contribution in [3.63, 3.8) is 0 Å². The molecule has 1 fully saturated rings. The second-order valence-electron chi connectivity index (χ2n) is 6.15. The molecule has 0 bridgehead atoms. The lowest BCUT2D eigenvalue weighted by atomic mass is 10.1. The first-order valence-corrected chi connectivity index (χ1v) is 11.1. The molecule has 1 saturated heterocycles. The fourth-order valence-electron chi connectivity index (χ4n) is 2.90. The van der Waals surface area contributed by atoms with Crippen LogP contribution >= 0.6 is 22.9 Å². The van der Waals surface area contributed by atoms with Crippen molar-refractivity contribution in [3.05, 3.63) is 51.9 Å². The quantitative estimate of drug-likeness (QED) is 0.740. The predicted molar refractivity (Wildman–Crippen MR) is 104 cm³/mol. The van der Waals surface area contributed by atoms with Crippen molar-refractivity contribution >= 4 is 38.9 Å². The third kappa shape index (κ3) is 4.68. The lowest BCUT2D eigenvalue weighted by Crippen LogP contribution is -2.50. The summed E-state index contributed by atoms with van der Waals surface area (Å²) in [6, 6.07) is 12.3. The zero-order valence-corrected chi connectivity index (χ0v) is 16.9. The number of halogens is 1. The van der Waals surface area contributed by atoms with Gasteiger partial charge in [-0.2, -0.15) is 9.57 Å². The molecule has 1 aliphatic heterocycles. The fourth-order valence-corrected chi connectivity index (χ4v) is 5.96. The van der Waals surface area contributed by atoms with Crippen LogP contribution in [0.1, 0.15) is 17.5 Å². The Morgan fingerprint density at radius 2 is 1.78 bits per heavy atom. The van der Waals surface area contributed by atoms with Gasteiger partial charge in [-0.3, -0.25) is 4.79 Å². The average molecular weight is 424 g/mol. The number of piperazine rings is 1. The molecular weight excluding hydrogens is 406 g/mol. The summed E-state index contributed by atoms with van der Waals surface area (Å²) in [7, 11) is -3.55. The van der Waals surface area contributed by atoms with Crippen LogP contribution in [0.3, 0.4) is 0 Å².